The zero-order valence-electron chi connectivity index (χ0n) is 10.8. The predicted octanol–water partition coefficient (Wildman–Crippen LogP) is 2.44. The summed E-state index contributed by atoms with van der Waals surface area (Å²) in [5, 5.41) is 0. The van der Waals surface area contributed by atoms with Gasteiger partial charge >= 0.3 is 0 Å². The van der Waals surface area contributed by atoms with E-state index in [2.05, 4.69) is 42.2 Å². The largest absolute Gasteiger partial charge is 0.396 e. The zero-order valence-corrected chi connectivity index (χ0v) is 10.8. The fourth-order valence-electron chi connectivity index (χ4n) is 1.77. The van der Waals surface area contributed by atoms with Gasteiger partial charge in [0.15, 0.2) is 0 Å². The third kappa shape index (κ3) is 2.60. The molecule has 2 N–H and O–H groups in total. The molecule has 1 aliphatic carbocycles. The molecule has 0 spiro atoms. The van der Waals surface area contributed by atoms with Crippen LogP contribution in [0.3, 0.4) is 0 Å². The highest BCUT2D eigenvalue weighted by Gasteiger charge is 2.46. The van der Waals surface area contributed by atoms with Gasteiger partial charge in [0.2, 0.25) is 0 Å². The number of pyridine rings is 1. The van der Waals surface area contributed by atoms with Gasteiger partial charge in [-0.05, 0) is 37.3 Å². The Bertz CT molecular complexity index is 563. The van der Waals surface area contributed by atoms with E-state index < -0.39 is 0 Å². The number of hydrogen-bond donors (Lipinski definition) is 1. The molecule has 3 heteroatoms. The molecule has 2 rings (SSSR count). The fraction of sp³-hybridized carbons (Fsp3) is 0.333. The summed E-state index contributed by atoms with van der Waals surface area (Å²) in [5.74, 6) is 6.66. The Morgan fingerprint density at radius 2 is 2.44 bits per heavy atom. The normalized spacial score (nSPS) is 26.1. The van der Waals surface area contributed by atoms with Crippen molar-refractivity contribution in [2.75, 3.05) is 5.73 Å². The fourth-order valence-corrected chi connectivity index (χ4v) is 1.77. The van der Waals surface area contributed by atoms with Gasteiger partial charge in [0.05, 0.1) is 23.0 Å². The quantitative estimate of drug-likeness (QED) is 0.636. The number of allylic oxidation sites excluding steroid dienone is 1. The van der Waals surface area contributed by atoms with Crippen LogP contribution < -0.4 is 5.73 Å². The number of nitrogen functional groups attached to an aromatic ring is 1. The van der Waals surface area contributed by atoms with Crippen LogP contribution in [0.1, 0.15) is 25.8 Å². The molecule has 18 heavy (non-hydrogen) atoms. The number of anilines is 1. The first kappa shape index (κ1) is 12.4. The Kier molecular flexibility index (Phi) is 3.20. The van der Waals surface area contributed by atoms with Gasteiger partial charge in [-0.25, -0.2) is 0 Å². The van der Waals surface area contributed by atoms with Crippen molar-refractivity contribution in [3.05, 3.63) is 36.7 Å². The summed E-state index contributed by atoms with van der Waals surface area (Å²) < 4.78 is 0. The first-order valence-corrected chi connectivity index (χ1v) is 5.99. The van der Waals surface area contributed by atoms with Gasteiger partial charge in [-0.3, -0.25) is 9.98 Å². The third-order valence-corrected chi connectivity index (χ3v) is 3.37. The number of nitrogens with two attached hydrogens (primary N) is 1. The Balaban J connectivity index is 2.23. The molecular weight excluding hydrogens is 222 g/mol. The van der Waals surface area contributed by atoms with E-state index in [1.807, 2.05) is 0 Å². The van der Waals surface area contributed by atoms with Crippen LogP contribution in [-0.4, -0.2) is 16.2 Å². The monoisotopic (exact) mass is 239 g/mol. The molecular formula is C15H17N3. The first-order chi connectivity index (χ1) is 8.55. The van der Waals surface area contributed by atoms with E-state index in [1.165, 1.54) is 0 Å². The Labute approximate surface area is 108 Å². The maximum absolute atomic E-state index is 5.78. The number of aromatic nitrogens is 1. The smallest absolute Gasteiger partial charge is 0.108 e. The molecule has 0 aliphatic heterocycles. The minimum atomic E-state index is 0.0436. The van der Waals surface area contributed by atoms with Crippen molar-refractivity contribution in [3.8, 4) is 11.8 Å². The molecule has 1 heterocycles. The van der Waals surface area contributed by atoms with Crippen molar-refractivity contribution in [2.45, 2.75) is 25.8 Å². The van der Waals surface area contributed by atoms with Gasteiger partial charge in [0, 0.05) is 6.20 Å². The average Bonchev–Trinajstić information content (AvgIpc) is 2.94. The Hall–Kier alpha value is -2.08. The van der Waals surface area contributed by atoms with E-state index in [-0.39, 0.29) is 5.54 Å². The Morgan fingerprint density at radius 1 is 1.72 bits per heavy atom. The van der Waals surface area contributed by atoms with E-state index in [0.29, 0.717) is 11.6 Å². The molecule has 92 valence electrons. The van der Waals surface area contributed by atoms with E-state index in [9.17, 15) is 0 Å². The maximum atomic E-state index is 5.78. The highest BCUT2D eigenvalue weighted by molar-refractivity contribution is 6.09. The summed E-state index contributed by atoms with van der Waals surface area (Å²) in [6.07, 6.45) is 6.08. The van der Waals surface area contributed by atoms with Crippen LogP contribution in [0.15, 0.2) is 36.1 Å². The summed E-state index contributed by atoms with van der Waals surface area (Å²) in [6, 6.07) is 1.80. The third-order valence-electron chi connectivity index (χ3n) is 3.37. The molecule has 0 radical (unpaired) electrons. The van der Waals surface area contributed by atoms with Crippen molar-refractivity contribution >= 4 is 11.4 Å². The van der Waals surface area contributed by atoms with E-state index in [1.54, 1.807) is 24.5 Å². The lowest BCUT2D eigenvalue weighted by Gasteiger charge is -2.02. The van der Waals surface area contributed by atoms with Crippen LogP contribution in [0.5, 0.6) is 0 Å². The highest BCUT2D eigenvalue weighted by atomic mass is 14.9. The molecule has 3 nitrogen and oxygen atoms in total. The maximum Gasteiger partial charge on any atom is 0.108 e. The highest BCUT2D eigenvalue weighted by Crippen LogP contribution is 2.46. The summed E-state index contributed by atoms with van der Waals surface area (Å²) in [7, 11) is 0. The van der Waals surface area contributed by atoms with Crippen LogP contribution >= 0.6 is 0 Å². The number of aliphatic imine (C=N–C) groups is 1. The minimum absolute atomic E-state index is 0.0436. The summed E-state index contributed by atoms with van der Waals surface area (Å²) in [5.41, 5.74) is 7.90. The second-order valence-electron chi connectivity index (χ2n) is 4.88. The van der Waals surface area contributed by atoms with Crippen molar-refractivity contribution in [1.82, 2.24) is 4.98 Å². The van der Waals surface area contributed by atoms with E-state index in [0.717, 1.165) is 17.7 Å². The van der Waals surface area contributed by atoms with E-state index in [4.69, 9.17) is 5.73 Å². The Morgan fingerprint density at radius 3 is 3.00 bits per heavy atom. The van der Waals surface area contributed by atoms with Gasteiger partial charge in [-0.2, -0.15) is 0 Å². The summed E-state index contributed by atoms with van der Waals surface area (Å²) >= 11 is 0. The van der Waals surface area contributed by atoms with Crippen molar-refractivity contribution in [3.63, 3.8) is 0 Å². The van der Waals surface area contributed by atoms with Crippen LogP contribution in [0.25, 0.3) is 0 Å². The van der Waals surface area contributed by atoms with Crippen molar-refractivity contribution in [2.24, 2.45) is 10.9 Å². The molecule has 1 aromatic heterocycles. The number of nitrogens with zero attached hydrogens (tertiary/aromatic N) is 2. The molecule has 1 fully saturated rings. The predicted molar refractivity (Wildman–Crippen MR) is 75.3 cm³/mol. The van der Waals surface area contributed by atoms with Crippen molar-refractivity contribution < 1.29 is 0 Å². The minimum Gasteiger partial charge on any atom is -0.396 e. The topological polar surface area (TPSA) is 51.3 Å². The lowest BCUT2D eigenvalue weighted by atomic mass is 10.2. The molecule has 2 unspecified atom stereocenters. The molecule has 2 atom stereocenters. The molecule has 1 saturated carbocycles. The van der Waals surface area contributed by atoms with Gasteiger partial charge in [0.1, 0.15) is 5.71 Å². The second-order valence-corrected chi connectivity index (χ2v) is 4.88. The SMILES string of the molecule is C=CC(C#Cc1ccncc1N)=NC1(C)CC1C. The lowest BCUT2D eigenvalue weighted by molar-refractivity contribution is 0.690. The molecule has 1 aromatic rings. The number of rotatable bonds is 2. The molecule has 0 bridgehead atoms. The first-order valence-electron chi connectivity index (χ1n) is 5.99. The number of hydrogen-bond acceptors (Lipinski definition) is 3. The van der Waals surface area contributed by atoms with Crippen LogP contribution in [-0.2, 0) is 0 Å². The zero-order chi connectivity index (χ0) is 13.2. The van der Waals surface area contributed by atoms with E-state index >= 15 is 0 Å². The lowest BCUT2D eigenvalue weighted by Crippen LogP contribution is -2.04. The molecule has 0 amide bonds. The van der Waals surface area contributed by atoms with Gasteiger partial charge in [-0.1, -0.05) is 19.4 Å². The standard InChI is InChI=1S/C15H17N3/c1-4-13(18-15(3)9-11(15)2)6-5-12-7-8-17-10-14(12)16/h4,7-8,10-11H,1,9,16H2,2-3H3. The van der Waals surface area contributed by atoms with Crippen LogP contribution in [0.2, 0.25) is 0 Å². The van der Waals surface area contributed by atoms with Crippen LogP contribution in [0.4, 0.5) is 5.69 Å². The summed E-state index contributed by atoms with van der Waals surface area (Å²) in [6.45, 7) is 8.09. The summed E-state index contributed by atoms with van der Waals surface area (Å²) in [4.78, 5) is 8.56. The van der Waals surface area contributed by atoms with Gasteiger partial charge < -0.3 is 5.73 Å². The van der Waals surface area contributed by atoms with Crippen molar-refractivity contribution in [1.29, 1.82) is 0 Å². The van der Waals surface area contributed by atoms with Crippen LogP contribution in [0, 0.1) is 17.8 Å². The molecule has 0 saturated heterocycles. The average molecular weight is 239 g/mol. The molecule has 0 aromatic carbocycles. The van der Waals surface area contributed by atoms with Gasteiger partial charge in [-0.15, -0.1) is 0 Å². The molecule has 1 aliphatic rings. The second kappa shape index (κ2) is 4.66. The van der Waals surface area contributed by atoms with Gasteiger partial charge in [0.25, 0.3) is 0 Å².